The lowest BCUT2D eigenvalue weighted by molar-refractivity contribution is -0.145. The summed E-state index contributed by atoms with van der Waals surface area (Å²) < 4.78 is 10.9. The second-order valence-corrected chi connectivity index (χ2v) is 5.33. The summed E-state index contributed by atoms with van der Waals surface area (Å²) in [7, 11) is 0. The number of carboxylic acid groups (broad SMARTS) is 1. The molecular formula is C16H21NO5. The van der Waals surface area contributed by atoms with Crippen LogP contribution in [-0.4, -0.2) is 47.7 Å². The Balaban J connectivity index is 2.10. The number of hydrogen-bond donors (Lipinski definition) is 1. The number of hydrogen-bond acceptors (Lipinski definition) is 4. The third kappa shape index (κ3) is 3.90. The SMILES string of the molecule is CCC(C)N(CC(=O)O)C(=O)Cc1ccc2c(c1)OCCO2. The Labute approximate surface area is 129 Å². The highest BCUT2D eigenvalue weighted by Gasteiger charge is 2.22. The first-order valence-corrected chi connectivity index (χ1v) is 7.41. The molecule has 1 aromatic carbocycles. The van der Waals surface area contributed by atoms with Crippen LogP contribution in [0.5, 0.6) is 11.5 Å². The second kappa shape index (κ2) is 7.15. The summed E-state index contributed by atoms with van der Waals surface area (Å²) >= 11 is 0. The van der Waals surface area contributed by atoms with E-state index >= 15 is 0 Å². The van der Waals surface area contributed by atoms with E-state index in [0.717, 1.165) is 5.56 Å². The van der Waals surface area contributed by atoms with Crippen molar-refractivity contribution in [2.45, 2.75) is 32.7 Å². The first-order valence-electron chi connectivity index (χ1n) is 7.41. The monoisotopic (exact) mass is 307 g/mol. The highest BCUT2D eigenvalue weighted by Crippen LogP contribution is 2.31. The first-order chi connectivity index (χ1) is 10.5. The van der Waals surface area contributed by atoms with Gasteiger partial charge in [-0.2, -0.15) is 0 Å². The van der Waals surface area contributed by atoms with Gasteiger partial charge in [-0.3, -0.25) is 9.59 Å². The Morgan fingerprint density at radius 1 is 1.27 bits per heavy atom. The van der Waals surface area contributed by atoms with Gasteiger partial charge in [-0.15, -0.1) is 0 Å². The molecule has 0 aliphatic carbocycles. The molecule has 1 unspecified atom stereocenters. The van der Waals surface area contributed by atoms with Gasteiger partial charge < -0.3 is 19.5 Å². The predicted octanol–water partition coefficient (Wildman–Crippen LogP) is 1.71. The number of carboxylic acids is 1. The van der Waals surface area contributed by atoms with Gasteiger partial charge in [0.25, 0.3) is 0 Å². The summed E-state index contributed by atoms with van der Waals surface area (Å²) in [6.45, 7) is 4.51. The van der Waals surface area contributed by atoms with Crippen LogP contribution in [0.4, 0.5) is 0 Å². The summed E-state index contributed by atoms with van der Waals surface area (Å²) in [4.78, 5) is 24.8. The highest BCUT2D eigenvalue weighted by atomic mass is 16.6. The summed E-state index contributed by atoms with van der Waals surface area (Å²) in [5.41, 5.74) is 0.785. The second-order valence-electron chi connectivity index (χ2n) is 5.33. The number of benzene rings is 1. The van der Waals surface area contributed by atoms with E-state index in [9.17, 15) is 9.59 Å². The van der Waals surface area contributed by atoms with Crippen LogP contribution >= 0.6 is 0 Å². The molecule has 6 nitrogen and oxygen atoms in total. The van der Waals surface area contributed by atoms with Crippen molar-refractivity contribution in [1.29, 1.82) is 0 Å². The lowest BCUT2D eigenvalue weighted by Gasteiger charge is -2.27. The maximum Gasteiger partial charge on any atom is 0.323 e. The lowest BCUT2D eigenvalue weighted by Crippen LogP contribution is -2.42. The Bertz CT molecular complexity index is 557. The highest BCUT2D eigenvalue weighted by molar-refractivity contribution is 5.83. The van der Waals surface area contributed by atoms with Crippen molar-refractivity contribution in [3.63, 3.8) is 0 Å². The van der Waals surface area contributed by atoms with E-state index in [1.54, 1.807) is 18.2 Å². The number of ether oxygens (including phenoxy) is 2. The summed E-state index contributed by atoms with van der Waals surface area (Å²) in [6.07, 6.45) is 0.856. The van der Waals surface area contributed by atoms with Crippen molar-refractivity contribution in [3.8, 4) is 11.5 Å². The van der Waals surface area contributed by atoms with Gasteiger partial charge in [0.2, 0.25) is 5.91 Å². The molecule has 22 heavy (non-hydrogen) atoms. The van der Waals surface area contributed by atoms with Gasteiger partial charge in [0.1, 0.15) is 19.8 Å². The quantitative estimate of drug-likeness (QED) is 0.866. The van der Waals surface area contributed by atoms with Crippen molar-refractivity contribution >= 4 is 11.9 Å². The molecule has 0 radical (unpaired) electrons. The molecule has 0 spiro atoms. The fraction of sp³-hybridized carbons (Fsp3) is 0.500. The number of nitrogens with zero attached hydrogens (tertiary/aromatic N) is 1. The van der Waals surface area contributed by atoms with E-state index in [1.165, 1.54) is 4.90 Å². The van der Waals surface area contributed by atoms with Crippen LogP contribution in [0, 0.1) is 0 Å². The number of carbonyl (C=O) groups excluding carboxylic acids is 1. The fourth-order valence-corrected chi connectivity index (χ4v) is 2.33. The fourth-order valence-electron chi connectivity index (χ4n) is 2.33. The number of rotatable bonds is 6. The Morgan fingerprint density at radius 2 is 1.95 bits per heavy atom. The average molecular weight is 307 g/mol. The van der Waals surface area contributed by atoms with Gasteiger partial charge in [-0.1, -0.05) is 13.0 Å². The minimum atomic E-state index is -1.00. The van der Waals surface area contributed by atoms with Crippen molar-refractivity contribution in [3.05, 3.63) is 23.8 Å². The summed E-state index contributed by atoms with van der Waals surface area (Å²) in [5.74, 6) is 0.0980. The summed E-state index contributed by atoms with van der Waals surface area (Å²) in [6, 6.07) is 5.26. The number of carbonyl (C=O) groups is 2. The first kappa shape index (κ1) is 16.1. The molecule has 1 N–H and O–H groups in total. The minimum Gasteiger partial charge on any atom is -0.486 e. The van der Waals surface area contributed by atoms with Gasteiger partial charge in [0, 0.05) is 6.04 Å². The van der Waals surface area contributed by atoms with Crippen molar-refractivity contribution < 1.29 is 24.2 Å². The molecule has 1 heterocycles. The van der Waals surface area contributed by atoms with Crippen LogP contribution in [0.25, 0.3) is 0 Å². The molecule has 6 heteroatoms. The van der Waals surface area contributed by atoms with Gasteiger partial charge in [-0.05, 0) is 31.0 Å². The zero-order valence-electron chi connectivity index (χ0n) is 12.9. The minimum absolute atomic E-state index is 0.110. The zero-order chi connectivity index (χ0) is 16.1. The van der Waals surface area contributed by atoms with Crippen LogP contribution in [0.1, 0.15) is 25.8 Å². The predicted molar refractivity (Wildman–Crippen MR) is 80.2 cm³/mol. The van der Waals surface area contributed by atoms with E-state index in [0.29, 0.717) is 31.1 Å². The Morgan fingerprint density at radius 3 is 2.59 bits per heavy atom. The molecule has 0 saturated carbocycles. The molecule has 0 saturated heterocycles. The zero-order valence-corrected chi connectivity index (χ0v) is 12.9. The van der Waals surface area contributed by atoms with Crippen molar-refractivity contribution in [2.24, 2.45) is 0 Å². The van der Waals surface area contributed by atoms with E-state index in [2.05, 4.69) is 0 Å². The molecule has 120 valence electrons. The van der Waals surface area contributed by atoms with Gasteiger partial charge in [-0.25, -0.2) is 0 Å². The van der Waals surface area contributed by atoms with Gasteiger partial charge >= 0.3 is 5.97 Å². The Kier molecular flexibility index (Phi) is 5.25. The largest absolute Gasteiger partial charge is 0.486 e. The van der Waals surface area contributed by atoms with Crippen LogP contribution in [0.3, 0.4) is 0 Å². The molecular weight excluding hydrogens is 286 g/mol. The summed E-state index contributed by atoms with van der Waals surface area (Å²) in [5, 5.41) is 8.97. The third-order valence-electron chi connectivity index (χ3n) is 3.71. The van der Waals surface area contributed by atoms with E-state index < -0.39 is 5.97 Å². The molecule has 0 aromatic heterocycles. The third-order valence-corrected chi connectivity index (χ3v) is 3.71. The van der Waals surface area contributed by atoms with Gasteiger partial charge in [0.15, 0.2) is 11.5 Å². The van der Waals surface area contributed by atoms with E-state index in [-0.39, 0.29) is 24.9 Å². The number of fused-ring (bicyclic) bond motifs is 1. The van der Waals surface area contributed by atoms with E-state index in [1.807, 2.05) is 13.8 Å². The van der Waals surface area contributed by atoms with Gasteiger partial charge in [0.05, 0.1) is 6.42 Å². The van der Waals surface area contributed by atoms with Crippen LogP contribution in [0.2, 0.25) is 0 Å². The lowest BCUT2D eigenvalue weighted by atomic mass is 10.1. The Hall–Kier alpha value is -2.24. The molecule has 1 atom stereocenters. The van der Waals surface area contributed by atoms with Crippen molar-refractivity contribution in [2.75, 3.05) is 19.8 Å². The normalized spacial score (nSPS) is 14.3. The standard InChI is InChI=1S/C16H21NO5/c1-3-11(2)17(10-16(19)20)15(18)9-12-4-5-13-14(8-12)22-7-6-21-13/h4-5,8,11H,3,6-7,9-10H2,1-2H3,(H,19,20). The number of amides is 1. The van der Waals surface area contributed by atoms with Crippen LogP contribution in [-0.2, 0) is 16.0 Å². The topological polar surface area (TPSA) is 76.1 Å². The molecule has 1 aliphatic heterocycles. The number of aliphatic carboxylic acids is 1. The smallest absolute Gasteiger partial charge is 0.323 e. The maximum absolute atomic E-state index is 12.4. The maximum atomic E-state index is 12.4. The van der Waals surface area contributed by atoms with Crippen LogP contribution < -0.4 is 9.47 Å². The van der Waals surface area contributed by atoms with Crippen LogP contribution in [0.15, 0.2) is 18.2 Å². The molecule has 1 aromatic rings. The molecule has 0 bridgehead atoms. The van der Waals surface area contributed by atoms with E-state index in [4.69, 9.17) is 14.6 Å². The molecule has 1 aliphatic rings. The van der Waals surface area contributed by atoms with Crippen molar-refractivity contribution in [1.82, 2.24) is 4.90 Å². The molecule has 1 amide bonds. The average Bonchev–Trinajstić information content (AvgIpc) is 2.51. The molecule has 0 fully saturated rings. The molecule has 2 rings (SSSR count).